The summed E-state index contributed by atoms with van der Waals surface area (Å²) in [5, 5.41) is 18.6. The molecule has 1 N–H and O–H groups in total. The van der Waals surface area contributed by atoms with E-state index < -0.39 is 11.4 Å². The summed E-state index contributed by atoms with van der Waals surface area (Å²) in [6.45, 7) is 0. The van der Waals surface area contributed by atoms with Crippen molar-refractivity contribution in [3.8, 4) is 6.07 Å². The highest BCUT2D eigenvalue weighted by Crippen LogP contribution is 2.40. The number of carbonyl (C=O) groups is 1. The van der Waals surface area contributed by atoms with E-state index in [-0.39, 0.29) is 18.8 Å². The van der Waals surface area contributed by atoms with Gasteiger partial charge in [0.05, 0.1) is 6.07 Å². The van der Waals surface area contributed by atoms with Crippen LogP contribution in [0.5, 0.6) is 0 Å². The summed E-state index contributed by atoms with van der Waals surface area (Å²) < 4.78 is 0. The third kappa shape index (κ3) is 2.15. The summed E-state index contributed by atoms with van der Waals surface area (Å²) in [6, 6.07) is 11.1. The van der Waals surface area contributed by atoms with Crippen LogP contribution in [0.3, 0.4) is 0 Å². The first-order valence-corrected chi connectivity index (χ1v) is 5.28. The Hall–Kier alpha value is -2.05. The van der Waals surface area contributed by atoms with Crippen LogP contribution in [0.1, 0.15) is 12.0 Å². The molecule has 0 aliphatic heterocycles. The standard InChI is InChI=1S/C14H11NO2.ClH/c15-10-14(13(16)17)9-5-4-8-12(14)11-6-2-1-3-7-11;/h1-8H,9H2,(H,16,17);1H. The molecule has 1 aromatic rings. The molecule has 0 fully saturated rings. The van der Waals surface area contributed by atoms with Crippen LogP contribution < -0.4 is 0 Å². The molecule has 1 atom stereocenters. The highest BCUT2D eigenvalue weighted by atomic mass is 35.5. The summed E-state index contributed by atoms with van der Waals surface area (Å²) in [4.78, 5) is 11.4. The van der Waals surface area contributed by atoms with Gasteiger partial charge in [0.15, 0.2) is 5.41 Å². The van der Waals surface area contributed by atoms with E-state index in [1.54, 1.807) is 18.2 Å². The summed E-state index contributed by atoms with van der Waals surface area (Å²) in [6.07, 6.45) is 5.42. The number of carboxylic acid groups (broad SMARTS) is 1. The molecule has 1 aliphatic rings. The van der Waals surface area contributed by atoms with Crippen LogP contribution in [0.25, 0.3) is 5.57 Å². The van der Waals surface area contributed by atoms with Gasteiger partial charge >= 0.3 is 5.97 Å². The summed E-state index contributed by atoms with van der Waals surface area (Å²) in [7, 11) is 0. The van der Waals surface area contributed by atoms with E-state index in [0.717, 1.165) is 5.56 Å². The van der Waals surface area contributed by atoms with Gasteiger partial charge in [0, 0.05) is 0 Å². The number of carboxylic acids is 1. The molecule has 1 unspecified atom stereocenters. The van der Waals surface area contributed by atoms with Gasteiger partial charge in [-0.2, -0.15) is 5.26 Å². The molecule has 0 heterocycles. The fourth-order valence-electron chi connectivity index (χ4n) is 1.98. The number of nitriles is 1. The van der Waals surface area contributed by atoms with Crippen LogP contribution in [-0.2, 0) is 4.79 Å². The predicted octanol–water partition coefficient (Wildman–Crippen LogP) is 3.05. The van der Waals surface area contributed by atoms with Gasteiger partial charge in [-0.3, -0.25) is 4.79 Å². The molecule has 2 rings (SSSR count). The maximum Gasteiger partial charge on any atom is 0.329 e. The average Bonchev–Trinajstić information content (AvgIpc) is 2.39. The average molecular weight is 262 g/mol. The third-order valence-corrected chi connectivity index (χ3v) is 2.92. The van der Waals surface area contributed by atoms with Crippen molar-refractivity contribution < 1.29 is 9.90 Å². The summed E-state index contributed by atoms with van der Waals surface area (Å²) >= 11 is 0. The molecule has 0 amide bonds. The molecule has 1 aliphatic carbocycles. The smallest absolute Gasteiger partial charge is 0.329 e. The van der Waals surface area contributed by atoms with Crippen LogP contribution in [0.2, 0.25) is 0 Å². The van der Waals surface area contributed by atoms with Crippen molar-refractivity contribution in [2.75, 3.05) is 0 Å². The number of rotatable bonds is 2. The molecular formula is C14H12ClNO2. The minimum atomic E-state index is -1.46. The van der Waals surface area contributed by atoms with E-state index in [1.165, 1.54) is 0 Å². The molecule has 0 spiro atoms. The first-order valence-electron chi connectivity index (χ1n) is 5.28. The number of allylic oxidation sites excluding steroid dienone is 3. The van der Waals surface area contributed by atoms with Crippen molar-refractivity contribution in [1.82, 2.24) is 0 Å². The number of halogens is 1. The normalized spacial score (nSPS) is 21.4. The second kappa shape index (κ2) is 5.52. The van der Waals surface area contributed by atoms with Gasteiger partial charge in [-0.25, -0.2) is 0 Å². The number of hydrogen-bond donors (Lipinski definition) is 1. The van der Waals surface area contributed by atoms with Crippen molar-refractivity contribution in [3.05, 3.63) is 54.1 Å². The highest BCUT2D eigenvalue weighted by Gasteiger charge is 2.43. The van der Waals surface area contributed by atoms with Gasteiger partial charge in [0.25, 0.3) is 0 Å². The van der Waals surface area contributed by atoms with Crippen LogP contribution >= 0.6 is 12.4 Å². The molecule has 4 heteroatoms. The molecule has 0 saturated carbocycles. The van der Waals surface area contributed by atoms with E-state index >= 15 is 0 Å². The van der Waals surface area contributed by atoms with E-state index in [4.69, 9.17) is 0 Å². The number of hydrogen-bond acceptors (Lipinski definition) is 2. The number of benzene rings is 1. The molecule has 3 nitrogen and oxygen atoms in total. The second-order valence-corrected chi connectivity index (χ2v) is 3.90. The highest BCUT2D eigenvalue weighted by molar-refractivity contribution is 5.96. The van der Waals surface area contributed by atoms with Gasteiger partial charge in [0.2, 0.25) is 0 Å². The van der Waals surface area contributed by atoms with Gasteiger partial charge in [-0.05, 0) is 17.6 Å². The van der Waals surface area contributed by atoms with Crippen molar-refractivity contribution in [1.29, 1.82) is 5.26 Å². The van der Waals surface area contributed by atoms with Gasteiger partial charge in [-0.15, -0.1) is 12.4 Å². The van der Waals surface area contributed by atoms with Gasteiger partial charge in [0.1, 0.15) is 0 Å². The fourth-order valence-corrected chi connectivity index (χ4v) is 1.98. The lowest BCUT2D eigenvalue weighted by Crippen LogP contribution is -2.31. The maximum absolute atomic E-state index is 11.4. The first kappa shape index (κ1) is 14.0. The molecule has 18 heavy (non-hydrogen) atoms. The molecule has 0 aromatic heterocycles. The largest absolute Gasteiger partial charge is 0.480 e. The van der Waals surface area contributed by atoms with Crippen LogP contribution in [0.15, 0.2) is 48.6 Å². The van der Waals surface area contributed by atoms with Crippen LogP contribution in [0, 0.1) is 16.7 Å². The van der Waals surface area contributed by atoms with Gasteiger partial charge < -0.3 is 5.11 Å². The fraction of sp³-hybridized carbons (Fsp3) is 0.143. The quantitative estimate of drug-likeness (QED) is 0.890. The topological polar surface area (TPSA) is 61.1 Å². The molecule has 0 bridgehead atoms. The molecule has 0 radical (unpaired) electrons. The lowest BCUT2D eigenvalue weighted by Gasteiger charge is -2.26. The van der Waals surface area contributed by atoms with Crippen LogP contribution in [0.4, 0.5) is 0 Å². The maximum atomic E-state index is 11.4. The molecule has 92 valence electrons. The Morgan fingerprint density at radius 1 is 1.33 bits per heavy atom. The Balaban J connectivity index is 0.00000162. The summed E-state index contributed by atoms with van der Waals surface area (Å²) in [5.74, 6) is -1.10. The monoisotopic (exact) mass is 261 g/mol. The summed E-state index contributed by atoms with van der Waals surface area (Å²) in [5.41, 5.74) is -0.132. The Bertz CT molecular complexity index is 543. The second-order valence-electron chi connectivity index (χ2n) is 3.90. The van der Waals surface area contributed by atoms with Crippen molar-refractivity contribution in [2.24, 2.45) is 5.41 Å². The Morgan fingerprint density at radius 3 is 2.56 bits per heavy atom. The predicted molar refractivity (Wildman–Crippen MR) is 71.1 cm³/mol. The van der Waals surface area contributed by atoms with Crippen molar-refractivity contribution in [2.45, 2.75) is 6.42 Å². The van der Waals surface area contributed by atoms with E-state index in [2.05, 4.69) is 0 Å². The number of nitrogens with zero attached hydrogens (tertiary/aromatic N) is 1. The lowest BCUT2D eigenvalue weighted by atomic mass is 9.73. The first-order chi connectivity index (χ1) is 8.20. The van der Waals surface area contributed by atoms with E-state index in [9.17, 15) is 15.2 Å². The molecule has 0 saturated heterocycles. The van der Waals surface area contributed by atoms with E-state index in [1.807, 2.05) is 36.4 Å². The minimum absolute atomic E-state index is 0. The zero-order valence-electron chi connectivity index (χ0n) is 9.54. The zero-order valence-corrected chi connectivity index (χ0v) is 10.4. The number of aliphatic carboxylic acids is 1. The van der Waals surface area contributed by atoms with Crippen LogP contribution in [-0.4, -0.2) is 11.1 Å². The van der Waals surface area contributed by atoms with Crippen molar-refractivity contribution >= 4 is 23.9 Å². The van der Waals surface area contributed by atoms with E-state index in [0.29, 0.717) is 5.57 Å². The van der Waals surface area contributed by atoms with Crippen molar-refractivity contribution in [3.63, 3.8) is 0 Å². The SMILES string of the molecule is Cl.N#CC1(C(=O)O)CC=CC=C1c1ccccc1. The van der Waals surface area contributed by atoms with Gasteiger partial charge in [-0.1, -0.05) is 48.6 Å². The third-order valence-electron chi connectivity index (χ3n) is 2.92. The minimum Gasteiger partial charge on any atom is -0.480 e. The lowest BCUT2D eigenvalue weighted by molar-refractivity contribution is -0.142. The molecular weight excluding hydrogens is 250 g/mol. The Labute approximate surface area is 111 Å². The molecule has 1 aromatic carbocycles. The Kier molecular flexibility index (Phi) is 4.30. The zero-order chi connectivity index (χ0) is 12.3. The Morgan fingerprint density at radius 2 is 2.00 bits per heavy atom.